The topological polar surface area (TPSA) is 43.4 Å². The van der Waals surface area contributed by atoms with Crippen LogP contribution in [0.25, 0.3) is 0 Å². The van der Waals surface area contributed by atoms with Gasteiger partial charge in [-0.2, -0.15) is 0 Å². The maximum atomic E-state index is 11.4. The van der Waals surface area contributed by atoms with E-state index in [1.807, 2.05) is 6.07 Å². The number of hydrogen-bond donors (Lipinski definition) is 0. The van der Waals surface area contributed by atoms with Crippen LogP contribution in [0.5, 0.6) is 0 Å². The first-order valence-corrected chi connectivity index (χ1v) is 6.16. The van der Waals surface area contributed by atoms with E-state index in [-0.39, 0.29) is 5.97 Å². The molecule has 0 bridgehead atoms. The number of aldehydes is 1. The molecular formula is C12H13IO3. The lowest BCUT2D eigenvalue weighted by molar-refractivity contribution is -0.107. The van der Waals surface area contributed by atoms with Crippen LogP contribution in [0, 0.1) is 3.57 Å². The highest BCUT2D eigenvalue weighted by molar-refractivity contribution is 14.1. The molecule has 1 rings (SSSR count). The lowest BCUT2D eigenvalue weighted by atomic mass is 10.1. The summed E-state index contributed by atoms with van der Waals surface area (Å²) >= 11 is 2.16. The van der Waals surface area contributed by atoms with E-state index < -0.39 is 0 Å². The van der Waals surface area contributed by atoms with E-state index in [4.69, 9.17) is 4.74 Å². The molecule has 1 aromatic rings. The molecule has 86 valence electrons. The number of carbonyl (C=O) groups is 2. The Morgan fingerprint density at radius 2 is 2.25 bits per heavy atom. The van der Waals surface area contributed by atoms with Crippen LogP contribution < -0.4 is 0 Å². The summed E-state index contributed by atoms with van der Waals surface area (Å²) < 4.78 is 5.90. The van der Waals surface area contributed by atoms with E-state index in [1.165, 1.54) is 0 Å². The number of benzene rings is 1. The summed E-state index contributed by atoms with van der Waals surface area (Å²) in [6.07, 6.45) is 2.12. The molecule has 0 N–H and O–H groups in total. The molecule has 0 fully saturated rings. The zero-order valence-corrected chi connectivity index (χ0v) is 11.2. The van der Waals surface area contributed by atoms with Crippen LogP contribution >= 0.6 is 22.6 Å². The van der Waals surface area contributed by atoms with Gasteiger partial charge in [-0.05, 0) is 53.6 Å². The van der Waals surface area contributed by atoms with Gasteiger partial charge in [0.1, 0.15) is 6.29 Å². The highest BCUT2D eigenvalue weighted by Gasteiger charge is 2.08. The first kappa shape index (κ1) is 13.2. The van der Waals surface area contributed by atoms with E-state index in [0.717, 1.165) is 15.4 Å². The summed E-state index contributed by atoms with van der Waals surface area (Å²) in [7, 11) is 0. The Morgan fingerprint density at radius 3 is 2.81 bits per heavy atom. The number of carbonyl (C=O) groups excluding carboxylic acids is 2. The average Bonchev–Trinajstić information content (AvgIpc) is 2.27. The molecule has 4 heteroatoms. The summed E-state index contributed by atoms with van der Waals surface area (Å²) in [6.45, 7) is 2.16. The van der Waals surface area contributed by atoms with Crippen molar-refractivity contribution in [3.05, 3.63) is 32.9 Å². The van der Waals surface area contributed by atoms with Crippen molar-refractivity contribution < 1.29 is 14.3 Å². The third-order valence-corrected chi connectivity index (χ3v) is 3.10. The smallest absolute Gasteiger partial charge is 0.338 e. The molecule has 1 aromatic carbocycles. The van der Waals surface area contributed by atoms with E-state index >= 15 is 0 Å². The Kier molecular flexibility index (Phi) is 5.45. The number of hydrogen-bond acceptors (Lipinski definition) is 3. The van der Waals surface area contributed by atoms with Gasteiger partial charge >= 0.3 is 5.97 Å². The summed E-state index contributed by atoms with van der Waals surface area (Å²) in [5.41, 5.74) is 1.64. The minimum absolute atomic E-state index is 0.303. The second kappa shape index (κ2) is 6.62. The molecule has 0 heterocycles. The standard InChI is InChI=1S/C12H13IO3/c1-2-16-12(15)10-6-5-9(4-3-7-14)11(13)8-10/h5-8H,2-4H2,1H3. The fourth-order valence-corrected chi connectivity index (χ4v) is 2.09. The third-order valence-electron chi connectivity index (χ3n) is 2.10. The summed E-state index contributed by atoms with van der Waals surface area (Å²) in [5, 5.41) is 0. The van der Waals surface area contributed by atoms with Gasteiger partial charge in [0.2, 0.25) is 0 Å². The minimum Gasteiger partial charge on any atom is -0.462 e. The summed E-state index contributed by atoms with van der Waals surface area (Å²) in [5.74, 6) is -0.303. The van der Waals surface area contributed by atoms with Gasteiger partial charge in [-0.25, -0.2) is 4.79 Å². The van der Waals surface area contributed by atoms with Gasteiger partial charge in [0.15, 0.2) is 0 Å². The van der Waals surface area contributed by atoms with Crippen molar-refractivity contribution in [3.63, 3.8) is 0 Å². The number of halogens is 1. The minimum atomic E-state index is -0.303. The summed E-state index contributed by atoms with van der Waals surface area (Å²) in [4.78, 5) is 21.7. The molecule has 0 aliphatic carbocycles. The summed E-state index contributed by atoms with van der Waals surface area (Å²) in [6, 6.07) is 5.40. The normalized spacial score (nSPS) is 9.88. The number of rotatable bonds is 5. The molecule has 16 heavy (non-hydrogen) atoms. The lowest BCUT2D eigenvalue weighted by Gasteiger charge is -2.05. The van der Waals surface area contributed by atoms with E-state index in [2.05, 4.69) is 22.6 Å². The fourth-order valence-electron chi connectivity index (χ4n) is 1.31. The highest BCUT2D eigenvalue weighted by atomic mass is 127. The molecule has 0 spiro atoms. The molecule has 0 saturated carbocycles. The number of ether oxygens (including phenoxy) is 1. The van der Waals surface area contributed by atoms with Crippen molar-refractivity contribution in [3.8, 4) is 0 Å². The maximum absolute atomic E-state index is 11.4. The quantitative estimate of drug-likeness (QED) is 0.473. The first-order valence-electron chi connectivity index (χ1n) is 5.08. The van der Waals surface area contributed by atoms with Crippen LogP contribution in [-0.2, 0) is 16.0 Å². The van der Waals surface area contributed by atoms with Gasteiger partial charge in [-0.15, -0.1) is 0 Å². The second-order valence-electron chi connectivity index (χ2n) is 3.23. The largest absolute Gasteiger partial charge is 0.462 e. The van der Waals surface area contributed by atoms with Crippen LogP contribution in [0.3, 0.4) is 0 Å². The molecule has 3 nitrogen and oxygen atoms in total. The van der Waals surface area contributed by atoms with Crippen molar-refractivity contribution in [2.75, 3.05) is 6.61 Å². The molecule has 0 aliphatic rings. The zero-order chi connectivity index (χ0) is 12.0. The Morgan fingerprint density at radius 1 is 1.50 bits per heavy atom. The van der Waals surface area contributed by atoms with E-state index in [9.17, 15) is 9.59 Å². The monoisotopic (exact) mass is 332 g/mol. The maximum Gasteiger partial charge on any atom is 0.338 e. The predicted molar refractivity (Wildman–Crippen MR) is 69.5 cm³/mol. The van der Waals surface area contributed by atoms with E-state index in [1.54, 1.807) is 19.1 Å². The zero-order valence-electron chi connectivity index (χ0n) is 9.03. The third kappa shape index (κ3) is 3.59. The fraction of sp³-hybridized carbons (Fsp3) is 0.333. The molecule has 0 amide bonds. The number of esters is 1. The number of aryl methyl sites for hydroxylation is 1. The second-order valence-corrected chi connectivity index (χ2v) is 4.39. The molecule has 0 aliphatic heterocycles. The van der Waals surface area contributed by atoms with Crippen LogP contribution in [0.4, 0.5) is 0 Å². The van der Waals surface area contributed by atoms with Gasteiger partial charge in [0.25, 0.3) is 0 Å². The molecule has 0 saturated heterocycles. The van der Waals surface area contributed by atoms with E-state index in [0.29, 0.717) is 25.0 Å². The molecule has 0 atom stereocenters. The van der Waals surface area contributed by atoms with Gasteiger partial charge in [-0.3, -0.25) is 0 Å². The predicted octanol–water partition coefficient (Wildman–Crippen LogP) is 2.60. The Balaban J connectivity index is 2.81. The van der Waals surface area contributed by atoms with Crippen LogP contribution in [0.15, 0.2) is 18.2 Å². The van der Waals surface area contributed by atoms with Crippen molar-refractivity contribution in [2.45, 2.75) is 19.8 Å². The van der Waals surface area contributed by atoms with Crippen molar-refractivity contribution in [1.82, 2.24) is 0 Å². The highest BCUT2D eigenvalue weighted by Crippen LogP contribution is 2.16. The van der Waals surface area contributed by atoms with Crippen molar-refractivity contribution in [1.29, 1.82) is 0 Å². The Hall–Kier alpha value is -0.910. The molecular weight excluding hydrogens is 319 g/mol. The molecule has 0 unspecified atom stereocenters. The van der Waals surface area contributed by atoms with Crippen LogP contribution in [0.2, 0.25) is 0 Å². The van der Waals surface area contributed by atoms with Gasteiger partial charge in [-0.1, -0.05) is 6.07 Å². The van der Waals surface area contributed by atoms with Gasteiger partial charge in [0, 0.05) is 9.99 Å². The first-order chi connectivity index (χ1) is 7.69. The van der Waals surface area contributed by atoms with Crippen LogP contribution in [0.1, 0.15) is 29.3 Å². The van der Waals surface area contributed by atoms with Crippen molar-refractivity contribution >= 4 is 34.8 Å². The van der Waals surface area contributed by atoms with Crippen LogP contribution in [-0.4, -0.2) is 18.9 Å². The Labute approximate surface area is 108 Å². The molecule has 0 radical (unpaired) electrons. The SMILES string of the molecule is CCOC(=O)c1ccc(CCC=O)c(I)c1. The van der Waals surface area contributed by atoms with Gasteiger partial charge < -0.3 is 9.53 Å². The lowest BCUT2D eigenvalue weighted by Crippen LogP contribution is -2.05. The average molecular weight is 332 g/mol. The van der Waals surface area contributed by atoms with Crippen molar-refractivity contribution in [2.24, 2.45) is 0 Å². The molecule has 0 aromatic heterocycles. The van der Waals surface area contributed by atoms with Gasteiger partial charge in [0.05, 0.1) is 12.2 Å². The Bertz CT molecular complexity index is 388.